The fraction of sp³-hybridized carbons (Fsp3) is 1.00. The highest BCUT2D eigenvalue weighted by atomic mass is 14.5. The third-order valence-electron chi connectivity index (χ3n) is 16.1. The van der Waals surface area contributed by atoms with Crippen molar-refractivity contribution >= 4 is 0 Å². The van der Waals surface area contributed by atoms with Crippen LogP contribution < -0.4 is 0 Å². The molecule has 0 saturated heterocycles. The van der Waals surface area contributed by atoms with Gasteiger partial charge in [-0.3, -0.25) is 0 Å². The van der Waals surface area contributed by atoms with E-state index < -0.39 is 0 Å². The zero-order chi connectivity index (χ0) is 36.0. The highest BCUT2D eigenvalue weighted by Crippen LogP contribution is 2.53. The van der Waals surface area contributed by atoms with Gasteiger partial charge in [-0.1, -0.05) is 96.9 Å². The van der Waals surface area contributed by atoms with Gasteiger partial charge in [0.15, 0.2) is 0 Å². The maximum atomic E-state index is 2.58. The van der Waals surface area contributed by atoms with Crippen molar-refractivity contribution in [2.75, 3.05) is 0 Å². The molecule has 0 bridgehead atoms. The summed E-state index contributed by atoms with van der Waals surface area (Å²) < 4.78 is 0. The van der Waals surface area contributed by atoms with Crippen LogP contribution in [0.2, 0.25) is 0 Å². The van der Waals surface area contributed by atoms with Gasteiger partial charge in [-0.15, -0.1) is 0 Å². The largest absolute Gasteiger partial charge is 0.0625 e. The van der Waals surface area contributed by atoms with Gasteiger partial charge < -0.3 is 0 Å². The van der Waals surface area contributed by atoms with Crippen LogP contribution in [0.15, 0.2) is 0 Å². The van der Waals surface area contributed by atoms with Crippen molar-refractivity contribution in [3.63, 3.8) is 0 Å². The van der Waals surface area contributed by atoms with Crippen LogP contribution >= 0.6 is 0 Å². The Morgan fingerprint density at radius 3 is 0.854 bits per heavy atom. The Morgan fingerprint density at radius 1 is 0.396 bits per heavy atom. The molecule has 0 atom stereocenters. The zero-order valence-corrected chi connectivity index (χ0v) is 36.0. The Bertz CT molecular complexity index is 790. The van der Waals surface area contributed by atoms with Crippen LogP contribution in [-0.4, -0.2) is 0 Å². The Kier molecular flexibility index (Phi) is 15.6. The SMILES string of the molecule is CC(C)C1CCC(C(C)C)CC1.CC1(C)CCC(C(C)(C)C2CCC(C)(C)CC2)CC1.CC1(C)CCC(CC2CCC(C)(C)CC2)CC1. The number of rotatable bonds is 6. The molecular weight excluding hydrogens is 577 g/mol. The van der Waals surface area contributed by atoms with E-state index in [-0.39, 0.29) is 0 Å². The predicted octanol–water partition coefficient (Wildman–Crippen LogP) is 16.4. The molecule has 5 fully saturated rings. The second-order valence-electron chi connectivity index (χ2n) is 23.3. The van der Waals surface area contributed by atoms with Gasteiger partial charge in [-0.2, -0.15) is 0 Å². The smallest absolute Gasteiger partial charge is 0.0298 e. The normalized spacial score (nSPS) is 30.2. The van der Waals surface area contributed by atoms with Gasteiger partial charge in [0.05, 0.1) is 0 Å². The van der Waals surface area contributed by atoms with Crippen molar-refractivity contribution in [2.45, 2.75) is 232 Å². The van der Waals surface area contributed by atoms with Crippen molar-refractivity contribution in [3.8, 4) is 0 Å². The Morgan fingerprint density at radius 2 is 0.625 bits per heavy atom. The van der Waals surface area contributed by atoms with Crippen LogP contribution in [0.25, 0.3) is 0 Å². The first-order valence-corrected chi connectivity index (χ1v) is 22.1. The van der Waals surface area contributed by atoms with Gasteiger partial charge in [-0.05, 0) is 209 Å². The van der Waals surface area contributed by atoms with Gasteiger partial charge >= 0.3 is 0 Å². The molecule has 0 nitrogen and oxygen atoms in total. The van der Waals surface area contributed by atoms with Gasteiger partial charge in [0.25, 0.3) is 0 Å². The fourth-order valence-electron chi connectivity index (χ4n) is 11.0. The molecule has 0 heterocycles. The molecule has 5 aliphatic carbocycles. The number of hydrogen-bond acceptors (Lipinski definition) is 0. The standard InChI is InChI=1S/C19H36.C17H32.C12H24/c1-17(2)11-7-15(8-12-17)19(5,6)16-9-13-18(3,4)14-10-16;1-16(2)9-5-14(6-10-16)13-15-7-11-17(3,4)12-8-15;1-9(2)11-5-7-12(8-6-11)10(3)4/h15-16H,7-14H2,1-6H3;14-15H,5-13H2,1-4H3;9-12H,5-8H2,1-4H3. The zero-order valence-electron chi connectivity index (χ0n) is 36.0. The molecule has 0 spiro atoms. The second kappa shape index (κ2) is 17.7. The molecule has 284 valence electrons. The van der Waals surface area contributed by atoms with Gasteiger partial charge in [-0.25, -0.2) is 0 Å². The Hall–Kier alpha value is 0. The monoisotopic (exact) mass is 669 g/mol. The summed E-state index contributed by atoms with van der Waals surface area (Å²) in [6.07, 6.45) is 31.1. The van der Waals surface area contributed by atoms with E-state index in [1.165, 1.54) is 128 Å². The van der Waals surface area contributed by atoms with Crippen LogP contribution in [0.1, 0.15) is 232 Å². The summed E-state index contributed by atoms with van der Waals surface area (Å²) in [6.45, 7) is 34.3. The second-order valence-corrected chi connectivity index (χ2v) is 23.3. The van der Waals surface area contributed by atoms with Crippen LogP contribution in [0.3, 0.4) is 0 Å². The fourth-order valence-corrected chi connectivity index (χ4v) is 11.0. The lowest BCUT2D eigenvalue weighted by Crippen LogP contribution is -2.39. The van der Waals surface area contributed by atoms with Gasteiger partial charge in [0.2, 0.25) is 0 Å². The van der Waals surface area contributed by atoms with E-state index in [9.17, 15) is 0 Å². The lowest BCUT2D eigenvalue weighted by atomic mass is 9.56. The summed E-state index contributed by atoms with van der Waals surface area (Å²) >= 11 is 0. The minimum absolute atomic E-state index is 0.576. The van der Waals surface area contributed by atoms with Crippen LogP contribution in [0, 0.1) is 74.4 Å². The average Bonchev–Trinajstić information content (AvgIpc) is 2.99. The molecule has 0 aromatic carbocycles. The highest BCUT2D eigenvalue weighted by molar-refractivity contribution is 4.93. The van der Waals surface area contributed by atoms with Crippen molar-refractivity contribution in [1.29, 1.82) is 0 Å². The number of hydrogen-bond donors (Lipinski definition) is 0. The van der Waals surface area contributed by atoms with E-state index in [0.717, 1.165) is 47.3 Å². The van der Waals surface area contributed by atoms with E-state index >= 15 is 0 Å². The molecule has 0 aliphatic heterocycles. The van der Waals surface area contributed by atoms with Crippen LogP contribution in [0.4, 0.5) is 0 Å². The first-order valence-electron chi connectivity index (χ1n) is 22.1. The molecule has 5 aliphatic rings. The Balaban J connectivity index is 0.000000200. The molecule has 0 heteroatoms. The van der Waals surface area contributed by atoms with Gasteiger partial charge in [0, 0.05) is 0 Å². The minimum atomic E-state index is 0.576. The van der Waals surface area contributed by atoms with Crippen molar-refractivity contribution in [3.05, 3.63) is 0 Å². The summed E-state index contributed by atoms with van der Waals surface area (Å²) in [5.74, 6) is 7.97. The minimum Gasteiger partial charge on any atom is -0.0625 e. The Labute approximate surface area is 305 Å². The molecule has 48 heavy (non-hydrogen) atoms. The third kappa shape index (κ3) is 13.9. The lowest BCUT2D eigenvalue weighted by molar-refractivity contribution is 0.0148. The molecule has 0 aromatic rings. The summed E-state index contributed by atoms with van der Waals surface area (Å²) in [7, 11) is 0. The summed E-state index contributed by atoms with van der Waals surface area (Å²) in [5, 5.41) is 0. The molecule has 0 amide bonds. The van der Waals surface area contributed by atoms with E-state index in [1.54, 1.807) is 6.42 Å². The predicted molar refractivity (Wildman–Crippen MR) is 216 cm³/mol. The first-order chi connectivity index (χ1) is 22.1. The van der Waals surface area contributed by atoms with Crippen molar-refractivity contribution in [2.24, 2.45) is 74.4 Å². The van der Waals surface area contributed by atoms with Crippen LogP contribution in [-0.2, 0) is 0 Å². The lowest BCUT2D eigenvalue weighted by Gasteiger charge is -2.49. The van der Waals surface area contributed by atoms with Crippen molar-refractivity contribution < 1.29 is 0 Å². The highest BCUT2D eigenvalue weighted by Gasteiger charge is 2.42. The summed E-state index contributed by atoms with van der Waals surface area (Å²) in [4.78, 5) is 0. The van der Waals surface area contributed by atoms with Crippen molar-refractivity contribution in [1.82, 2.24) is 0 Å². The third-order valence-corrected chi connectivity index (χ3v) is 16.1. The molecule has 0 N–H and O–H groups in total. The molecule has 0 aromatic heterocycles. The molecule has 5 rings (SSSR count). The topological polar surface area (TPSA) is 0 Å². The van der Waals surface area contributed by atoms with Gasteiger partial charge in [0.1, 0.15) is 0 Å². The maximum absolute atomic E-state index is 2.58. The van der Waals surface area contributed by atoms with E-state index in [2.05, 4.69) is 96.9 Å². The molecular formula is C48H92. The van der Waals surface area contributed by atoms with Crippen LogP contribution in [0.5, 0.6) is 0 Å². The van der Waals surface area contributed by atoms with E-state index in [1.807, 2.05) is 0 Å². The first kappa shape index (κ1) is 42.4. The summed E-state index contributed by atoms with van der Waals surface area (Å²) in [5.41, 5.74) is 3.09. The molecule has 0 radical (unpaired) electrons. The maximum Gasteiger partial charge on any atom is -0.0298 e. The average molecular weight is 669 g/mol. The quantitative estimate of drug-likeness (QED) is 0.264. The van der Waals surface area contributed by atoms with E-state index in [0.29, 0.717) is 27.1 Å². The summed E-state index contributed by atoms with van der Waals surface area (Å²) in [6, 6.07) is 0. The molecule has 5 saturated carbocycles. The molecule has 0 unspecified atom stereocenters. The van der Waals surface area contributed by atoms with E-state index in [4.69, 9.17) is 0 Å².